The van der Waals surface area contributed by atoms with E-state index >= 15 is 0 Å². The van der Waals surface area contributed by atoms with Crippen LogP contribution in [0.15, 0.2) is 35.6 Å². The van der Waals surface area contributed by atoms with Crippen molar-refractivity contribution in [1.29, 1.82) is 0 Å². The lowest BCUT2D eigenvalue weighted by atomic mass is 10.1. The van der Waals surface area contributed by atoms with Crippen molar-refractivity contribution >= 4 is 34.9 Å². The largest absolute Gasteiger partial charge is 0.511 e. The molecule has 2 amide bonds. The van der Waals surface area contributed by atoms with Crippen molar-refractivity contribution in [3.8, 4) is 5.75 Å². The van der Waals surface area contributed by atoms with Gasteiger partial charge in [-0.05, 0) is 32.9 Å². The Hall–Kier alpha value is -2.61. The number of nitrogens with one attached hydrogen (secondary N) is 1. The molecule has 0 atom stereocenters. The fourth-order valence-electron chi connectivity index (χ4n) is 2.19. The number of phenols is 1. The minimum atomic E-state index is -0.798. The number of rotatable bonds is 2. The molecule has 0 aliphatic carbocycles. The number of aliphatic hydroxyl groups is 1. The quantitative estimate of drug-likeness (QED) is 0.548. The molecule has 1 aliphatic heterocycles. The number of amides is 2. The third-order valence-electron chi connectivity index (χ3n) is 3.31. The van der Waals surface area contributed by atoms with E-state index in [2.05, 4.69) is 5.32 Å². The predicted octanol–water partition coefficient (Wildman–Crippen LogP) is 3.11. The van der Waals surface area contributed by atoms with Crippen molar-refractivity contribution < 1.29 is 24.5 Å². The third-order valence-corrected chi connectivity index (χ3v) is 3.62. The van der Waals surface area contributed by atoms with Crippen LogP contribution in [0.2, 0.25) is 0 Å². The normalized spacial score (nSPS) is 15.2. The molecule has 0 spiro atoms. The molecule has 1 aromatic carbocycles. The number of ether oxygens (including phenoxy) is 1. The Morgan fingerprint density at radius 3 is 2.52 bits per heavy atom. The van der Waals surface area contributed by atoms with Gasteiger partial charge in [0.1, 0.15) is 27.7 Å². The Morgan fingerprint density at radius 1 is 1.28 bits per heavy atom. The van der Waals surface area contributed by atoms with Gasteiger partial charge in [0.2, 0.25) is 0 Å². The summed E-state index contributed by atoms with van der Waals surface area (Å²) < 4.78 is 5.21. The number of aliphatic hydroxyl groups excluding tert-OH is 1. The summed E-state index contributed by atoms with van der Waals surface area (Å²) >= 11 is 5.18. The van der Waals surface area contributed by atoms with Crippen molar-refractivity contribution in [1.82, 2.24) is 4.90 Å². The Labute approximate surface area is 150 Å². The van der Waals surface area contributed by atoms with Crippen LogP contribution in [0.1, 0.15) is 27.2 Å². The van der Waals surface area contributed by atoms with Crippen LogP contribution in [-0.4, -0.2) is 44.2 Å². The number of para-hydroxylation sites is 2. The molecule has 134 valence electrons. The Balaban J connectivity index is 2.21. The summed E-state index contributed by atoms with van der Waals surface area (Å²) in [6.45, 7) is 5.08. The number of phenolic OH excluding ortho intramolecular Hbond substituents is 1. The summed E-state index contributed by atoms with van der Waals surface area (Å²) in [4.78, 5) is 25.6. The maximum Gasteiger partial charge on any atom is 0.417 e. The van der Waals surface area contributed by atoms with E-state index in [1.807, 2.05) is 0 Å². The summed E-state index contributed by atoms with van der Waals surface area (Å²) in [6.07, 6.45) is -0.726. The molecular formula is C17H20N2O5S. The number of anilines is 1. The van der Waals surface area contributed by atoms with E-state index in [0.29, 0.717) is 0 Å². The summed E-state index contributed by atoms with van der Waals surface area (Å²) in [6, 6.07) is 6.33. The molecule has 0 saturated heterocycles. The van der Waals surface area contributed by atoms with Gasteiger partial charge in [-0.2, -0.15) is 0 Å². The average molecular weight is 364 g/mol. The lowest BCUT2D eigenvalue weighted by molar-refractivity contribution is -0.126. The summed E-state index contributed by atoms with van der Waals surface area (Å²) in [5.41, 5.74) is -0.652. The number of carbonyl (C=O) groups is 2. The third kappa shape index (κ3) is 4.48. The summed E-state index contributed by atoms with van der Waals surface area (Å²) in [5, 5.41) is 22.6. The molecule has 0 aromatic heterocycles. The van der Waals surface area contributed by atoms with Crippen LogP contribution in [0.5, 0.6) is 5.75 Å². The highest BCUT2D eigenvalue weighted by Crippen LogP contribution is 2.26. The molecule has 0 radical (unpaired) electrons. The van der Waals surface area contributed by atoms with Crippen molar-refractivity contribution in [2.75, 3.05) is 11.9 Å². The van der Waals surface area contributed by atoms with Gasteiger partial charge in [-0.25, -0.2) is 9.69 Å². The first-order chi connectivity index (χ1) is 11.6. The van der Waals surface area contributed by atoms with Gasteiger partial charge >= 0.3 is 6.09 Å². The van der Waals surface area contributed by atoms with E-state index in [1.165, 1.54) is 6.07 Å². The number of carbonyl (C=O) groups excluding carboxylic acids is 2. The van der Waals surface area contributed by atoms with Gasteiger partial charge in [0.05, 0.1) is 5.69 Å². The van der Waals surface area contributed by atoms with Crippen LogP contribution in [0.4, 0.5) is 10.5 Å². The minimum absolute atomic E-state index is 0.00226. The molecule has 7 nitrogen and oxygen atoms in total. The first-order valence-corrected chi connectivity index (χ1v) is 8.07. The van der Waals surface area contributed by atoms with Gasteiger partial charge in [-0.3, -0.25) is 4.79 Å². The first-order valence-electron chi connectivity index (χ1n) is 7.66. The van der Waals surface area contributed by atoms with Crippen LogP contribution in [0.3, 0.4) is 0 Å². The Morgan fingerprint density at radius 2 is 1.92 bits per heavy atom. The molecule has 1 heterocycles. The van der Waals surface area contributed by atoms with E-state index in [-0.39, 0.29) is 40.7 Å². The number of imide groups is 1. The smallest absolute Gasteiger partial charge is 0.417 e. The zero-order chi connectivity index (χ0) is 18.8. The summed E-state index contributed by atoms with van der Waals surface area (Å²) in [5.74, 6) is -1.01. The molecular weight excluding hydrogens is 344 g/mol. The van der Waals surface area contributed by atoms with Crippen molar-refractivity contribution in [2.45, 2.75) is 32.8 Å². The topological polar surface area (TPSA) is 99.1 Å². The molecule has 25 heavy (non-hydrogen) atoms. The van der Waals surface area contributed by atoms with Crippen molar-refractivity contribution in [3.63, 3.8) is 0 Å². The molecule has 1 aliphatic rings. The van der Waals surface area contributed by atoms with Gasteiger partial charge in [0, 0.05) is 13.0 Å². The fraction of sp³-hybridized carbons (Fsp3) is 0.353. The second-order valence-corrected chi connectivity index (χ2v) is 6.89. The number of hydrogen-bond donors (Lipinski definition) is 3. The van der Waals surface area contributed by atoms with Gasteiger partial charge < -0.3 is 20.3 Å². The number of thiocarbonyl (C=S) groups is 1. The fourth-order valence-corrected chi connectivity index (χ4v) is 2.50. The molecule has 1 aromatic rings. The highest BCUT2D eigenvalue weighted by molar-refractivity contribution is 7.81. The summed E-state index contributed by atoms with van der Waals surface area (Å²) in [7, 11) is 0. The van der Waals surface area contributed by atoms with E-state index in [1.54, 1.807) is 39.0 Å². The molecule has 2 rings (SSSR count). The first kappa shape index (κ1) is 18.7. The second kappa shape index (κ2) is 7.10. The zero-order valence-corrected chi connectivity index (χ0v) is 15.0. The van der Waals surface area contributed by atoms with E-state index in [0.717, 1.165) is 4.90 Å². The van der Waals surface area contributed by atoms with Crippen molar-refractivity contribution in [2.24, 2.45) is 0 Å². The second-order valence-electron chi connectivity index (χ2n) is 6.48. The van der Waals surface area contributed by atoms with Crippen LogP contribution in [0.25, 0.3) is 0 Å². The number of aromatic hydroxyl groups is 1. The Bertz CT molecular complexity index is 752. The highest BCUT2D eigenvalue weighted by Gasteiger charge is 2.36. The van der Waals surface area contributed by atoms with Crippen LogP contribution < -0.4 is 5.32 Å². The van der Waals surface area contributed by atoms with Crippen LogP contribution in [0, 0.1) is 0 Å². The lowest BCUT2D eigenvalue weighted by Crippen LogP contribution is -2.46. The molecule has 8 heteroatoms. The minimum Gasteiger partial charge on any atom is -0.511 e. The molecule has 0 saturated carbocycles. The van der Waals surface area contributed by atoms with Gasteiger partial charge in [-0.15, -0.1) is 0 Å². The van der Waals surface area contributed by atoms with E-state index in [9.17, 15) is 19.8 Å². The molecule has 0 bridgehead atoms. The molecule has 0 fully saturated rings. The van der Waals surface area contributed by atoms with Gasteiger partial charge in [0.15, 0.2) is 0 Å². The Kier molecular flexibility index (Phi) is 5.32. The van der Waals surface area contributed by atoms with E-state index in [4.69, 9.17) is 17.0 Å². The number of hydrogen-bond acceptors (Lipinski definition) is 6. The lowest BCUT2D eigenvalue weighted by Gasteiger charge is -2.29. The number of nitrogens with zero attached hydrogens (tertiary/aromatic N) is 1. The molecule has 3 N–H and O–H groups in total. The zero-order valence-electron chi connectivity index (χ0n) is 14.2. The number of benzene rings is 1. The molecule has 0 unspecified atom stereocenters. The van der Waals surface area contributed by atoms with Gasteiger partial charge in [0.25, 0.3) is 5.91 Å². The monoisotopic (exact) mass is 364 g/mol. The maximum absolute atomic E-state index is 12.6. The SMILES string of the molecule is CC(C)(C)OC(=O)N1CCC(O)=C(C(=S)Nc2ccccc2O)C1=O. The highest BCUT2D eigenvalue weighted by atomic mass is 32.1. The maximum atomic E-state index is 12.6. The standard InChI is InChI=1S/C17H20N2O5S/c1-17(2,3)24-16(23)19-9-8-12(21)13(15(19)22)14(25)18-10-6-4-5-7-11(10)20/h4-7,20-21H,8-9H2,1-3H3,(H,18,25). The predicted molar refractivity (Wildman–Crippen MR) is 96.5 cm³/mol. The average Bonchev–Trinajstić information content (AvgIpc) is 2.47. The van der Waals surface area contributed by atoms with E-state index < -0.39 is 17.6 Å². The van der Waals surface area contributed by atoms with Crippen LogP contribution in [-0.2, 0) is 9.53 Å². The van der Waals surface area contributed by atoms with Crippen molar-refractivity contribution in [3.05, 3.63) is 35.6 Å². The van der Waals surface area contributed by atoms with Gasteiger partial charge in [-0.1, -0.05) is 24.4 Å². The van der Waals surface area contributed by atoms with Crippen LogP contribution >= 0.6 is 12.2 Å².